The summed E-state index contributed by atoms with van der Waals surface area (Å²) in [5.41, 5.74) is 1.27. The first-order valence-corrected chi connectivity index (χ1v) is 6.26. The number of amides is 1. The Hall–Kier alpha value is -2.27. The van der Waals surface area contributed by atoms with Crippen molar-refractivity contribution in [2.45, 2.75) is 0 Å². The largest absolute Gasteiger partial charge is 0.304 e. The van der Waals surface area contributed by atoms with Crippen LogP contribution in [0.2, 0.25) is 0 Å². The van der Waals surface area contributed by atoms with E-state index in [1.807, 2.05) is 29.6 Å². The zero-order valence-electron chi connectivity index (χ0n) is 9.33. The van der Waals surface area contributed by atoms with Gasteiger partial charge in [0.1, 0.15) is 5.70 Å². The van der Waals surface area contributed by atoms with Crippen molar-refractivity contribution in [2.75, 3.05) is 0 Å². The number of rotatable bonds is 2. The molecule has 0 atom stereocenters. The van der Waals surface area contributed by atoms with E-state index in [2.05, 4.69) is 15.3 Å². The lowest BCUT2D eigenvalue weighted by molar-refractivity contribution is -0.115. The van der Waals surface area contributed by atoms with E-state index in [-0.39, 0.29) is 5.91 Å². The molecule has 1 amide bonds. The van der Waals surface area contributed by atoms with Crippen LogP contribution >= 0.6 is 11.3 Å². The van der Waals surface area contributed by atoms with Gasteiger partial charge in [0.25, 0.3) is 5.91 Å². The van der Waals surface area contributed by atoms with Crippen LogP contribution in [0.25, 0.3) is 6.08 Å². The predicted octanol–water partition coefficient (Wildman–Crippen LogP) is 2.06. The van der Waals surface area contributed by atoms with E-state index in [1.165, 1.54) is 0 Å². The molecule has 3 rings (SSSR count). The summed E-state index contributed by atoms with van der Waals surface area (Å²) in [6.45, 7) is 0. The number of nitrogens with one attached hydrogen (secondary N) is 1. The van der Waals surface area contributed by atoms with E-state index >= 15 is 0 Å². The van der Waals surface area contributed by atoms with Crippen molar-refractivity contribution >= 4 is 29.2 Å². The summed E-state index contributed by atoms with van der Waals surface area (Å²) >= 11 is 1.55. The maximum atomic E-state index is 11.8. The number of amidine groups is 1. The Balaban J connectivity index is 1.94. The van der Waals surface area contributed by atoms with Crippen LogP contribution < -0.4 is 5.32 Å². The third-order valence-electron chi connectivity index (χ3n) is 2.44. The van der Waals surface area contributed by atoms with Crippen LogP contribution in [0.1, 0.15) is 10.4 Å². The molecule has 0 bridgehead atoms. The van der Waals surface area contributed by atoms with Crippen molar-refractivity contribution < 1.29 is 4.79 Å². The van der Waals surface area contributed by atoms with Gasteiger partial charge in [-0.2, -0.15) is 0 Å². The summed E-state index contributed by atoms with van der Waals surface area (Å²) in [4.78, 5) is 21.0. The number of nitrogens with zero attached hydrogens (tertiary/aromatic N) is 2. The van der Waals surface area contributed by atoms with Crippen molar-refractivity contribution in [1.82, 2.24) is 10.3 Å². The molecule has 1 aliphatic rings. The van der Waals surface area contributed by atoms with Crippen molar-refractivity contribution in [3.8, 4) is 0 Å². The minimum Gasteiger partial charge on any atom is -0.304 e. The molecule has 5 heteroatoms. The fourth-order valence-corrected chi connectivity index (χ4v) is 2.29. The number of thiophene rings is 1. The molecule has 2 aromatic heterocycles. The molecule has 2 aromatic rings. The topological polar surface area (TPSA) is 54.4 Å². The molecule has 1 N–H and O–H groups in total. The van der Waals surface area contributed by atoms with Gasteiger partial charge in [0.2, 0.25) is 0 Å². The summed E-state index contributed by atoms with van der Waals surface area (Å²) in [7, 11) is 0. The highest BCUT2D eigenvalue weighted by Gasteiger charge is 2.21. The Morgan fingerprint density at radius 1 is 1.28 bits per heavy atom. The van der Waals surface area contributed by atoms with Crippen LogP contribution in [0.15, 0.2) is 52.7 Å². The minimum absolute atomic E-state index is 0.178. The van der Waals surface area contributed by atoms with Crippen LogP contribution in [0.4, 0.5) is 0 Å². The summed E-state index contributed by atoms with van der Waals surface area (Å²) in [6, 6.07) is 7.56. The molecule has 18 heavy (non-hydrogen) atoms. The van der Waals surface area contributed by atoms with Crippen molar-refractivity contribution in [1.29, 1.82) is 0 Å². The van der Waals surface area contributed by atoms with Gasteiger partial charge in [-0.1, -0.05) is 12.1 Å². The number of hydrogen-bond acceptors (Lipinski definition) is 4. The molecule has 0 fully saturated rings. The third-order valence-corrected chi connectivity index (χ3v) is 3.32. The fourth-order valence-electron chi connectivity index (χ4n) is 1.62. The molecule has 0 spiro atoms. The molecular formula is C13H9N3OS. The van der Waals surface area contributed by atoms with Gasteiger partial charge in [-0.3, -0.25) is 9.78 Å². The molecule has 3 heterocycles. The average molecular weight is 255 g/mol. The van der Waals surface area contributed by atoms with Gasteiger partial charge in [-0.25, -0.2) is 4.99 Å². The van der Waals surface area contributed by atoms with Crippen LogP contribution in [0.5, 0.6) is 0 Å². The molecule has 0 saturated carbocycles. The van der Waals surface area contributed by atoms with Crippen molar-refractivity contribution in [3.63, 3.8) is 0 Å². The Morgan fingerprint density at radius 3 is 2.94 bits per heavy atom. The van der Waals surface area contributed by atoms with Gasteiger partial charge in [-0.15, -0.1) is 11.3 Å². The minimum atomic E-state index is -0.178. The van der Waals surface area contributed by atoms with Crippen LogP contribution in [0.3, 0.4) is 0 Å². The Kier molecular flexibility index (Phi) is 2.74. The second-order valence-corrected chi connectivity index (χ2v) is 4.66. The summed E-state index contributed by atoms with van der Waals surface area (Å²) in [5.74, 6) is 0.437. The molecule has 0 radical (unpaired) electrons. The highest BCUT2D eigenvalue weighted by Crippen LogP contribution is 2.17. The Labute approximate surface area is 108 Å². The number of aliphatic imine (C=N–C) groups is 1. The fraction of sp³-hybridized carbons (Fsp3) is 0. The van der Waals surface area contributed by atoms with E-state index < -0.39 is 0 Å². The van der Waals surface area contributed by atoms with Gasteiger partial charge >= 0.3 is 0 Å². The normalized spacial score (nSPS) is 16.8. The molecular weight excluding hydrogens is 246 g/mol. The van der Waals surface area contributed by atoms with E-state index in [1.54, 1.807) is 29.8 Å². The first kappa shape index (κ1) is 10.9. The van der Waals surface area contributed by atoms with Crippen LogP contribution in [0, 0.1) is 0 Å². The lowest BCUT2D eigenvalue weighted by Crippen LogP contribution is -2.23. The number of aromatic nitrogens is 1. The zero-order chi connectivity index (χ0) is 12.4. The van der Waals surface area contributed by atoms with Crippen LogP contribution in [-0.2, 0) is 4.79 Å². The number of carbonyl (C=O) groups excluding carboxylic acids is 1. The highest BCUT2D eigenvalue weighted by molar-refractivity contribution is 7.12. The molecule has 1 aliphatic heterocycles. The van der Waals surface area contributed by atoms with E-state index in [9.17, 15) is 4.79 Å². The number of hydrogen-bond donors (Lipinski definition) is 1. The van der Waals surface area contributed by atoms with E-state index in [0.717, 1.165) is 10.4 Å². The lowest BCUT2D eigenvalue weighted by Gasteiger charge is -1.93. The summed E-state index contributed by atoms with van der Waals surface area (Å²) in [5, 5.41) is 4.71. The standard InChI is InChI=1S/C13H9N3OS/c17-13-10(7-9-3-1-5-14-8-9)15-12(16-13)11-4-2-6-18-11/h1-8H,(H,15,16,17)/b10-7+. The zero-order valence-corrected chi connectivity index (χ0v) is 10.1. The first-order chi connectivity index (χ1) is 8.83. The second kappa shape index (κ2) is 4.54. The maximum absolute atomic E-state index is 11.8. The molecule has 0 saturated heterocycles. The Bertz CT molecular complexity index is 630. The Morgan fingerprint density at radius 2 is 2.22 bits per heavy atom. The summed E-state index contributed by atoms with van der Waals surface area (Å²) in [6.07, 6.45) is 5.11. The molecule has 0 aliphatic carbocycles. The predicted molar refractivity (Wildman–Crippen MR) is 71.2 cm³/mol. The first-order valence-electron chi connectivity index (χ1n) is 5.38. The van der Waals surface area contributed by atoms with Crippen molar-refractivity contribution in [2.24, 2.45) is 4.99 Å². The van der Waals surface area contributed by atoms with Crippen molar-refractivity contribution in [3.05, 3.63) is 58.2 Å². The van der Waals surface area contributed by atoms with Gasteiger partial charge in [0, 0.05) is 12.4 Å². The van der Waals surface area contributed by atoms with Gasteiger partial charge < -0.3 is 5.32 Å². The molecule has 4 nitrogen and oxygen atoms in total. The van der Waals surface area contributed by atoms with E-state index in [0.29, 0.717) is 11.5 Å². The molecule has 0 unspecified atom stereocenters. The third kappa shape index (κ3) is 2.08. The smallest absolute Gasteiger partial charge is 0.275 e. The number of carbonyl (C=O) groups is 1. The highest BCUT2D eigenvalue weighted by atomic mass is 32.1. The SMILES string of the molecule is O=C1NC(c2cccs2)=N/C1=C/c1cccnc1. The van der Waals surface area contributed by atoms with Gasteiger partial charge in [0.05, 0.1) is 4.88 Å². The monoisotopic (exact) mass is 255 g/mol. The lowest BCUT2D eigenvalue weighted by atomic mass is 10.2. The van der Waals surface area contributed by atoms with Gasteiger partial charge in [0.15, 0.2) is 5.84 Å². The summed E-state index contributed by atoms with van der Waals surface area (Å²) < 4.78 is 0. The van der Waals surface area contributed by atoms with Gasteiger partial charge in [-0.05, 0) is 29.2 Å². The second-order valence-electron chi connectivity index (χ2n) is 3.71. The van der Waals surface area contributed by atoms with Crippen LogP contribution in [-0.4, -0.2) is 16.7 Å². The average Bonchev–Trinajstić information content (AvgIpc) is 3.01. The maximum Gasteiger partial charge on any atom is 0.275 e. The quantitative estimate of drug-likeness (QED) is 0.835. The molecule has 88 valence electrons. The number of pyridine rings is 1. The molecule has 0 aromatic carbocycles. The van der Waals surface area contributed by atoms with E-state index in [4.69, 9.17) is 0 Å².